The molecule has 9 aromatic rings. The third kappa shape index (κ3) is 3.41. The van der Waals surface area contributed by atoms with Gasteiger partial charge >= 0.3 is 0 Å². The van der Waals surface area contributed by atoms with Crippen LogP contribution in [0.1, 0.15) is 11.0 Å². The van der Waals surface area contributed by atoms with Crippen LogP contribution in [0.2, 0.25) is 0 Å². The zero-order valence-corrected chi connectivity index (χ0v) is 25.7. The molecule has 0 amide bonds. The van der Waals surface area contributed by atoms with Crippen LogP contribution in [0, 0.1) is 0 Å². The second kappa shape index (κ2) is 9.20. The maximum absolute atomic E-state index is 8.57. The highest BCUT2D eigenvalue weighted by Gasteiger charge is 2.38. The Morgan fingerprint density at radius 1 is 0.674 bits per heavy atom. The number of benzene rings is 6. The van der Waals surface area contributed by atoms with Gasteiger partial charge in [0.15, 0.2) is 17.1 Å². The Kier molecular flexibility index (Phi) is 3.75. The molecule has 0 saturated carbocycles. The van der Waals surface area contributed by atoms with Gasteiger partial charge in [0, 0.05) is 21.2 Å². The van der Waals surface area contributed by atoms with Gasteiger partial charge in [-0.2, -0.15) is 0 Å². The van der Waals surface area contributed by atoms with Gasteiger partial charge in [-0.3, -0.25) is 0 Å². The summed E-state index contributed by atoms with van der Waals surface area (Å²) in [7, 11) is 0. The largest absolute Gasteiger partial charge is 0.455 e. The van der Waals surface area contributed by atoms with Crippen molar-refractivity contribution >= 4 is 93.9 Å². The number of nitrogens with zero attached hydrogens (tertiary/aromatic N) is 3. The van der Waals surface area contributed by atoms with E-state index in [-0.39, 0.29) is 59.4 Å². The lowest BCUT2D eigenvalue weighted by atomic mass is 10.0. The van der Waals surface area contributed by atoms with Gasteiger partial charge in [0.05, 0.1) is 53.2 Å². The molecular formula is C38H19N3O2S3. The SMILES string of the molecule is [2H]c1c([2H])c([2H])c2sc(-c3cccc4c3Oc3cc5c(oc6ccccc65)c5c3N4c3cccc(-c4nc6c([2H])c([2H])c([2H])c([2H])c6s4)c3S5)nc2c1[2H]. The molecule has 8 heteroatoms. The van der Waals surface area contributed by atoms with E-state index < -0.39 is 0 Å². The number of anilines is 3. The lowest BCUT2D eigenvalue weighted by Crippen LogP contribution is -2.20. The topological polar surface area (TPSA) is 51.4 Å². The summed E-state index contributed by atoms with van der Waals surface area (Å²) >= 11 is 3.94. The second-order valence-electron chi connectivity index (χ2n) is 10.8. The zero-order chi connectivity index (χ0) is 36.9. The molecule has 11 rings (SSSR count). The first kappa shape index (κ1) is 18.7. The molecule has 0 aliphatic carbocycles. The number of hydrogen-bond acceptors (Lipinski definition) is 8. The average Bonchev–Trinajstić information content (AvgIpc) is 3.94. The van der Waals surface area contributed by atoms with Crippen LogP contribution < -0.4 is 9.64 Å². The second-order valence-corrected chi connectivity index (χ2v) is 13.8. The summed E-state index contributed by atoms with van der Waals surface area (Å²) in [6, 6.07) is 19.5. The summed E-state index contributed by atoms with van der Waals surface area (Å²) in [4.78, 5) is 13.3. The summed E-state index contributed by atoms with van der Waals surface area (Å²) in [5, 5.41) is 2.82. The van der Waals surface area contributed by atoms with E-state index in [1.807, 2.05) is 66.7 Å². The molecule has 5 nitrogen and oxygen atoms in total. The molecule has 0 atom stereocenters. The van der Waals surface area contributed by atoms with Crippen molar-refractivity contribution in [3.05, 3.63) is 115 Å². The Morgan fingerprint density at radius 3 is 2.17 bits per heavy atom. The molecule has 2 aliphatic heterocycles. The maximum atomic E-state index is 8.57. The van der Waals surface area contributed by atoms with Gasteiger partial charge in [0.25, 0.3) is 0 Å². The molecule has 6 aromatic carbocycles. The number of furan rings is 1. The standard InChI is InChI=1S/C38H19N3O2S3/c1-4-16-28-20(9-1)23-19-29-32-36(34(23)42-28)46-35-22(38-40-25-13-3-6-18-31(25)45-38)11-8-15-27(35)41(32)26-14-7-10-21(33(26)43-29)37-39-24-12-2-5-17-30(24)44-37/h1-19H/i2D,3D,5D,6D,12D,13D,17D,18D. The lowest BCUT2D eigenvalue weighted by molar-refractivity contribution is 0.477. The Hall–Kier alpha value is -5.15. The summed E-state index contributed by atoms with van der Waals surface area (Å²) in [6.07, 6.45) is 0. The molecule has 0 fully saturated rings. The molecule has 0 radical (unpaired) electrons. The highest BCUT2D eigenvalue weighted by molar-refractivity contribution is 8.00. The molecule has 0 spiro atoms. The fraction of sp³-hybridized carbons (Fsp3) is 0. The van der Waals surface area contributed by atoms with Gasteiger partial charge in [0.1, 0.15) is 21.3 Å². The van der Waals surface area contributed by atoms with E-state index in [4.69, 9.17) is 30.1 Å². The van der Waals surface area contributed by atoms with Gasteiger partial charge in [-0.25, -0.2) is 9.97 Å². The van der Waals surface area contributed by atoms with Crippen LogP contribution in [0.3, 0.4) is 0 Å². The van der Waals surface area contributed by atoms with E-state index in [1.54, 1.807) is 0 Å². The van der Waals surface area contributed by atoms with Gasteiger partial charge in [-0.1, -0.05) is 72.3 Å². The minimum absolute atomic E-state index is 0.122. The van der Waals surface area contributed by atoms with E-state index in [2.05, 4.69) is 4.90 Å². The third-order valence-corrected chi connectivity index (χ3v) is 11.5. The van der Waals surface area contributed by atoms with Crippen LogP contribution in [0.4, 0.5) is 17.1 Å². The Balaban J connectivity index is 1.19. The van der Waals surface area contributed by atoms with Crippen molar-refractivity contribution in [2.24, 2.45) is 0 Å². The fourth-order valence-electron chi connectivity index (χ4n) is 6.28. The monoisotopic (exact) mass is 653 g/mol. The van der Waals surface area contributed by atoms with E-state index in [0.29, 0.717) is 47.7 Å². The van der Waals surface area contributed by atoms with Gasteiger partial charge in [-0.05, 0) is 54.5 Å². The molecule has 46 heavy (non-hydrogen) atoms. The minimum atomic E-state index is -0.335. The number of rotatable bonds is 2. The molecule has 216 valence electrons. The first-order valence-electron chi connectivity index (χ1n) is 18.2. The van der Waals surface area contributed by atoms with E-state index >= 15 is 0 Å². The van der Waals surface area contributed by atoms with Crippen molar-refractivity contribution in [1.82, 2.24) is 9.97 Å². The van der Waals surface area contributed by atoms with Gasteiger partial charge < -0.3 is 14.1 Å². The average molecular weight is 654 g/mol. The summed E-state index contributed by atoms with van der Waals surface area (Å²) in [5.41, 5.74) is 5.53. The van der Waals surface area contributed by atoms with Crippen LogP contribution in [-0.2, 0) is 0 Å². The molecule has 2 aliphatic rings. The van der Waals surface area contributed by atoms with E-state index in [0.717, 1.165) is 43.1 Å². The predicted molar refractivity (Wildman–Crippen MR) is 190 cm³/mol. The van der Waals surface area contributed by atoms with Crippen molar-refractivity contribution in [1.29, 1.82) is 0 Å². The highest BCUT2D eigenvalue weighted by Crippen LogP contribution is 2.64. The van der Waals surface area contributed by atoms with Crippen molar-refractivity contribution < 1.29 is 20.1 Å². The van der Waals surface area contributed by atoms with Crippen LogP contribution in [0.15, 0.2) is 129 Å². The molecule has 3 aromatic heterocycles. The lowest BCUT2D eigenvalue weighted by Gasteiger charge is -2.39. The van der Waals surface area contributed by atoms with Crippen molar-refractivity contribution in [2.45, 2.75) is 9.79 Å². The highest BCUT2D eigenvalue weighted by atomic mass is 32.2. The third-order valence-electron chi connectivity index (χ3n) is 8.23. The summed E-state index contributed by atoms with van der Waals surface area (Å²) in [5.74, 6) is 1.09. The van der Waals surface area contributed by atoms with E-state index in [9.17, 15) is 0 Å². The van der Waals surface area contributed by atoms with Crippen LogP contribution in [0.5, 0.6) is 11.5 Å². The number of aromatic nitrogens is 2. The maximum Gasteiger partial charge on any atom is 0.161 e. The number of ether oxygens (including phenoxy) is 1. The fourth-order valence-corrected chi connectivity index (χ4v) is 9.43. The van der Waals surface area contributed by atoms with E-state index in [1.165, 1.54) is 34.4 Å². The first-order valence-corrected chi connectivity index (χ1v) is 16.7. The normalized spacial score (nSPS) is 15.7. The Bertz CT molecular complexity index is 3090. The van der Waals surface area contributed by atoms with Crippen LogP contribution >= 0.6 is 34.4 Å². The predicted octanol–water partition coefficient (Wildman–Crippen LogP) is 12.2. The molecular weight excluding hydrogens is 627 g/mol. The molecule has 0 N–H and O–H groups in total. The van der Waals surface area contributed by atoms with Gasteiger partial charge in [-0.15, -0.1) is 22.7 Å². The number of thiazole rings is 2. The summed E-state index contributed by atoms with van der Waals surface area (Å²) < 4.78 is 81.3. The number of para-hydroxylation sites is 4. The summed E-state index contributed by atoms with van der Waals surface area (Å²) in [6.45, 7) is 0. The number of fused-ring (bicyclic) bond motifs is 10. The quantitative estimate of drug-likeness (QED) is 0.185. The van der Waals surface area contributed by atoms with Crippen molar-refractivity contribution in [3.8, 4) is 32.6 Å². The Morgan fingerprint density at radius 2 is 1.37 bits per heavy atom. The molecule has 0 saturated heterocycles. The smallest absolute Gasteiger partial charge is 0.161 e. The number of hydrogen-bond donors (Lipinski definition) is 0. The zero-order valence-electron chi connectivity index (χ0n) is 31.2. The van der Waals surface area contributed by atoms with Gasteiger partial charge in [0.2, 0.25) is 0 Å². The minimum Gasteiger partial charge on any atom is -0.455 e. The van der Waals surface area contributed by atoms with Crippen molar-refractivity contribution in [3.63, 3.8) is 0 Å². The molecule has 0 bridgehead atoms. The molecule has 5 heterocycles. The Labute approximate surface area is 285 Å². The van der Waals surface area contributed by atoms with Crippen LogP contribution in [0.25, 0.3) is 63.5 Å². The molecule has 0 unspecified atom stereocenters. The first-order chi connectivity index (χ1) is 26.1. The van der Waals surface area contributed by atoms with Crippen molar-refractivity contribution in [2.75, 3.05) is 4.90 Å². The van der Waals surface area contributed by atoms with Crippen LogP contribution in [-0.4, -0.2) is 9.97 Å².